The predicted molar refractivity (Wildman–Crippen MR) is 76.2 cm³/mol. The average Bonchev–Trinajstić information content (AvgIpc) is 2.67. The van der Waals surface area contributed by atoms with Crippen molar-refractivity contribution in [2.24, 2.45) is 12.8 Å². The molecular formula is C15H21N3O. The van der Waals surface area contributed by atoms with E-state index in [-0.39, 0.29) is 12.1 Å². The second kappa shape index (κ2) is 5.45. The van der Waals surface area contributed by atoms with E-state index in [4.69, 9.17) is 10.5 Å². The SMILES string of the molecule is Cc1cc(C(N)c2cccc(OC(C)C)c2)n(C)n1. The number of ether oxygens (including phenoxy) is 1. The van der Waals surface area contributed by atoms with Crippen molar-refractivity contribution in [2.45, 2.75) is 32.9 Å². The lowest BCUT2D eigenvalue weighted by Crippen LogP contribution is -2.16. The summed E-state index contributed by atoms with van der Waals surface area (Å²) in [5, 5.41) is 4.33. The Bertz CT molecular complexity index is 560. The fraction of sp³-hybridized carbons (Fsp3) is 0.400. The third-order valence-corrected chi connectivity index (χ3v) is 2.95. The number of hydrogen-bond acceptors (Lipinski definition) is 3. The molecule has 0 aliphatic heterocycles. The molecule has 0 bridgehead atoms. The molecule has 102 valence electrons. The third kappa shape index (κ3) is 3.15. The van der Waals surface area contributed by atoms with Crippen LogP contribution in [0.3, 0.4) is 0 Å². The van der Waals surface area contributed by atoms with Gasteiger partial charge in [-0.1, -0.05) is 12.1 Å². The Balaban J connectivity index is 2.28. The monoisotopic (exact) mass is 259 g/mol. The highest BCUT2D eigenvalue weighted by molar-refractivity contribution is 5.34. The van der Waals surface area contributed by atoms with E-state index < -0.39 is 0 Å². The Hall–Kier alpha value is -1.81. The zero-order chi connectivity index (χ0) is 14.0. The maximum atomic E-state index is 6.31. The maximum absolute atomic E-state index is 6.31. The first-order valence-electron chi connectivity index (χ1n) is 6.50. The van der Waals surface area contributed by atoms with Crippen LogP contribution in [0.4, 0.5) is 0 Å². The molecule has 1 unspecified atom stereocenters. The summed E-state index contributed by atoms with van der Waals surface area (Å²) in [6.07, 6.45) is 0.158. The van der Waals surface area contributed by atoms with Crippen molar-refractivity contribution < 1.29 is 4.74 Å². The van der Waals surface area contributed by atoms with Crippen LogP contribution in [0.25, 0.3) is 0 Å². The molecule has 0 spiro atoms. The van der Waals surface area contributed by atoms with Gasteiger partial charge in [0.1, 0.15) is 5.75 Å². The molecule has 4 nitrogen and oxygen atoms in total. The van der Waals surface area contributed by atoms with Crippen molar-refractivity contribution in [3.63, 3.8) is 0 Å². The number of nitrogens with two attached hydrogens (primary N) is 1. The van der Waals surface area contributed by atoms with Crippen molar-refractivity contribution in [3.05, 3.63) is 47.3 Å². The molecule has 19 heavy (non-hydrogen) atoms. The molecule has 4 heteroatoms. The van der Waals surface area contributed by atoms with E-state index >= 15 is 0 Å². The van der Waals surface area contributed by atoms with Crippen molar-refractivity contribution in [1.82, 2.24) is 9.78 Å². The first-order valence-corrected chi connectivity index (χ1v) is 6.50. The van der Waals surface area contributed by atoms with Gasteiger partial charge in [-0.05, 0) is 44.5 Å². The molecule has 0 aliphatic rings. The summed E-state index contributed by atoms with van der Waals surface area (Å²) >= 11 is 0. The second-order valence-electron chi connectivity index (χ2n) is 5.05. The number of nitrogens with zero attached hydrogens (tertiary/aromatic N) is 2. The van der Waals surface area contributed by atoms with Gasteiger partial charge in [0.05, 0.1) is 23.5 Å². The standard InChI is InChI=1S/C15H21N3O/c1-10(2)19-13-7-5-6-12(9-13)15(16)14-8-11(3)17-18(14)4/h5-10,15H,16H2,1-4H3. The number of aromatic nitrogens is 2. The number of rotatable bonds is 4. The van der Waals surface area contributed by atoms with E-state index in [1.165, 1.54) is 0 Å². The van der Waals surface area contributed by atoms with Gasteiger partial charge in [-0.2, -0.15) is 5.10 Å². The highest BCUT2D eigenvalue weighted by atomic mass is 16.5. The van der Waals surface area contributed by atoms with Gasteiger partial charge in [-0.3, -0.25) is 4.68 Å². The van der Waals surface area contributed by atoms with E-state index in [0.29, 0.717) is 0 Å². The minimum atomic E-state index is -0.193. The van der Waals surface area contributed by atoms with Crippen molar-refractivity contribution in [1.29, 1.82) is 0 Å². The van der Waals surface area contributed by atoms with Crippen LogP contribution in [0.1, 0.15) is 36.8 Å². The van der Waals surface area contributed by atoms with Gasteiger partial charge in [-0.15, -0.1) is 0 Å². The van der Waals surface area contributed by atoms with Crippen LogP contribution in [0.5, 0.6) is 5.75 Å². The van der Waals surface area contributed by atoms with Crippen LogP contribution < -0.4 is 10.5 Å². The largest absolute Gasteiger partial charge is 0.491 e. The summed E-state index contributed by atoms with van der Waals surface area (Å²) in [5.41, 5.74) is 9.32. The maximum Gasteiger partial charge on any atom is 0.120 e. The van der Waals surface area contributed by atoms with Crippen molar-refractivity contribution >= 4 is 0 Å². The highest BCUT2D eigenvalue weighted by Gasteiger charge is 2.14. The fourth-order valence-electron chi connectivity index (χ4n) is 2.15. The molecular weight excluding hydrogens is 238 g/mol. The quantitative estimate of drug-likeness (QED) is 0.918. The van der Waals surface area contributed by atoms with E-state index in [9.17, 15) is 0 Å². The van der Waals surface area contributed by atoms with Gasteiger partial charge >= 0.3 is 0 Å². The van der Waals surface area contributed by atoms with E-state index in [1.54, 1.807) is 0 Å². The minimum absolute atomic E-state index is 0.158. The van der Waals surface area contributed by atoms with Gasteiger partial charge < -0.3 is 10.5 Å². The number of aryl methyl sites for hydroxylation is 2. The fourth-order valence-corrected chi connectivity index (χ4v) is 2.15. The molecule has 0 fully saturated rings. The zero-order valence-corrected chi connectivity index (χ0v) is 11.9. The summed E-state index contributed by atoms with van der Waals surface area (Å²) in [6, 6.07) is 9.75. The van der Waals surface area contributed by atoms with Gasteiger partial charge in [-0.25, -0.2) is 0 Å². The Morgan fingerprint density at radius 1 is 1.26 bits per heavy atom. The molecule has 0 amide bonds. The molecule has 1 aromatic heterocycles. The third-order valence-electron chi connectivity index (χ3n) is 2.95. The van der Waals surface area contributed by atoms with Crippen LogP contribution in [0.15, 0.2) is 30.3 Å². The van der Waals surface area contributed by atoms with Gasteiger partial charge in [0, 0.05) is 7.05 Å². The molecule has 2 aromatic rings. The predicted octanol–water partition coefficient (Wildman–Crippen LogP) is 2.56. The molecule has 1 heterocycles. The summed E-state index contributed by atoms with van der Waals surface area (Å²) in [7, 11) is 1.91. The molecule has 2 N–H and O–H groups in total. The Labute approximate surface area is 114 Å². The second-order valence-corrected chi connectivity index (χ2v) is 5.05. The number of hydrogen-bond donors (Lipinski definition) is 1. The summed E-state index contributed by atoms with van der Waals surface area (Å²) < 4.78 is 7.53. The first kappa shape index (κ1) is 13.6. The Kier molecular flexibility index (Phi) is 3.90. The summed E-state index contributed by atoms with van der Waals surface area (Å²) in [4.78, 5) is 0. The molecule has 0 saturated carbocycles. The van der Waals surface area contributed by atoms with Crippen LogP contribution in [-0.2, 0) is 7.05 Å². The zero-order valence-electron chi connectivity index (χ0n) is 11.9. The Morgan fingerprint density at radius 2 is 2.00 bits per heavy atom. The minimum Gasteiger partial charge on any atom is -0.491 e. The molecule has 0 radical (unpaired) electrons. The average molecular weight is 259 g/mol. The first-order chi connectivity index (χ1) is 8.97. The van der Waals surface area contributed by atoms with E-state index in [1.807, 2.05) is 62.8 Å². The summed E-state index contributed by atoms with van der Waals surface area (Å²) in [6.45, 7) is 5.99. The van der Waals surface area contributed by atoms with Gasteiger partial charge in [0.2, 0.25) is 0 Å². The lowest BCUT2D eigenvalue weighted by atomic mass is 10.0. The highest BCUT2D eigenvalue weighted by Crippen LogP contribution is 2.24. The normalized spacial score (nSPS) is 12.7. The molecule has 2 rings (SSSR count). The lowest BCUT2D eigenvalue weighted by Gasteiger charge is -2.15. The summed E-state index contributed by atoms with van der Waals surface area (Å²) in [5.74, 6) is 0.849. The van der Waals surface area contributed by atoms with Crippen LogP contribution in [0, 0.1) is 6.92 Å². The topological polar surface area (TPSA) is 53.1 Å². The van der Waals surface area contributed by atoms with Crippen LogP contribution >= 0.6 is 0 Å². The van der Waals surface area contributed by atoms with E-state index in [0.717, 1.165) is 22.7 Å². The lowest BCUT2D eigenvalue weighted by molar-refractivity contribution is 0.242. The van der Waals surface area contributed by atoms with Crippen LogP contribution in [-0.4, -0.2) is 15.9 Å². The number of benzene rings is 1. The van der Waals surface area contributed by atoms with Crippen molar-refractivity contribution in [3.8, 4) is 5.75 Å². The van der Waals surface area contributed by atoms with Gasteiger partial charge in [0.25, 0.3) is 0 Å². The molecule has 0 aliphatic carbocycles. The van der Waals surface area contributed by atoms with Gasteiger partial charge in [0.15, 0.2) is 0 Å². The van der Waals surface area contributed by atoms with Crippen molar-refractivity contribution in [2.75, 3.05) is 0 Å². The molecule has 0 saturated heterocycles. The smallest absolute Gasteiger partial charge is 0.120 e. The van der Waals surface area contributed by atoms with E-state index in [2.05, 4.69) is 5.10 Å². The molecule has 1 atom stereocenters. The molecule has 1 aromatic carbocycles. The Morgan fingerprint density at radius 3 is 2.58 bits per heavy atom. The van der Waals surface area contributed by atoms with Crippen LogP contribution in [0.2, 0.25) is 0 Å².